The molecule has 46 heavy (non-hydrogen) atoms. The van der Waals surface area contributed by atoms with Gasteiger partial charge in [-0.25, -0.2) is 22.0 Å². The molecule has 0 aliphatic carbocycles. The summed E-state index contributed by atoms with van der Waals surface area (Å²) in [6, 6.07) is 18.3. The average Bonchev–Trinajstić information content (AvgIpc) is 3.70. The lowest BCUT2D eigenvalue weighted by Crippen LogP contribution is -2.45. The monoisotopic (exact) mass is 672 g/mol. The van der Waals surface area contributed by atoms with Crippen LogP contribution in [0.2, 0.25) is 0 Å². The van der Waals surface area contributed by atoms with Crippen LogP contribution in [0.15, 0.2) is 83.1 Å². The minimum atomic E-state index is -3.81. The Kier molecular flexibility index (Phi) is 10.1. The molecule has 4 heterocycles. The van der Waals surface area contributed by atoms with Crippen molar-refractivity contribution in [3.63, 3.8) is 0 Å². The van der Waals surface area contributed by atoms with E-state index in [-0.39, 0.29) is 35.2 Å². The topological polar surface area (TPSA) is 158 Å². The van der Waals surface area contributed by atoms with Gasteiger partial charge in [-0.3, -0.25) is 9.36 Å². The molecule has 2 aromatic heterocycles. The normalized spacial score (nSPS) is 16.4. The van der Waals surface area contributed by atoms with Gasteiger partial charge in [0.2, 0.25) is 0 Å². The number of aromatic nitrogens is 4. The highest BCUT2D eigenvalue weighted by atomic mass is 32.2. The van der Waals surface area contributed by atoms with Crippen LogP contribution in [-0.2, 0) is 33.1 Å². The highest BCUT2D eigenvalue weighted by Crippen LogP contribution is 2.25. The molecule has 2 aliphatic rings. The Morgan fingerprint density at radius 2 is 1.09 bits per heavy atom. The van der Waals surface area contributed by atoms with E-state index < -0.39 is 20.0 Å². The second kappa shape index (κ2) is 13.9. The molecule has 2 aliphatic heterocycles. The van der Waals surface area contributed by atoms with Gasteiger partial charge in [0, 0.05) is 51.7 Å². The lowest BCUT2D eigenvalue weighted by atomic mass is 10.1. The summed E-state index contributed by atoms with van der Waals surface area (Å²) >= 11 is 0. The van der Waals surface area contributed by atoms with Gasteiger partial charge >= 0.3 is 0 Å². The van der Waals surface area contributed by atoms with Crippen molar-refractivity contribution in [3.8, 4) is 11.5 Å². The first kappa shape index (κ1) is 33.6. The van der Waals surface area contributed by atoms with Crippen LogP contribution in [0.25, 0.3) is 0 Å². The molecule has 0 amide bonds. The van der Waals surface area contributed by atoms with Crippen molar-refractivity contribution in [2.24, 2.45) is 5.14 Å². The van der Waals surface area contributed by atoms with Crippen molar-refractivity contribution >= 4 is 20.0 Å². The molecule has 0 radical (unpaired) electrons. The Morgan fingerprint density at radius 3 is 1.43 bits per heavy atom. The van der Waals surface area contributed by atoms with E-state index in [0.29, 0.717) is 0 Å². The number of nitrogens with zero attached hydrogens (tertiary/aromatic N) is 7. The zero-order valence-electron chi connectivity index (χ0n) is 26.3. The van der Waals surface area contributed by atoms with E-state index in [0.717, 1.165) is 48.8 Å². The van der Waals surface area contributed by atoms with E-state index in [1.165, 1.54) is 10.4 Å². The summed E-state index contributed by atoms with van der Waals surface area (Å²) in [5.41, 5.74) is 1.73. The number of ether oxygens (including phenoxy) is 2. The summed E-state index contributed by atoms with van der Waals surface area (Å²) in [7, 11) is -0.236. The van der Waals surface area contributed by atoms with Crippen molar-refractivity contribution in [1.82, 2.24) is 33.7 Å². The summed E-state index contributed by atoms with van der Waals surface area (Å²) in [6.45, 7) is 3.96. The van der Waals surface area contributed by atoms with Gasteiger partial charge in [-0.15, -0.1) is 0 Å². The summed E-state index contributed by atoms with van der Waals surface area (Å²) in [4.78, 5) is 4.29. The van der Waals surface area contributed by atoms with Crippen molar-refractivity contribution in [1.29, 1.82) is 0 Å². The number of likely N-dealkylation sites (N-methyl/N-ethyl adjacent to an activating group) is 2. The molecule has 0 atom stereocenters. The number of benzene rings is 2. The molecule has 0 spiro atoms. The number of likely N-dealkylation sites (tertiary alicyclic amines) is 2. The van der Waals surface area contributed by atoms with Crippen LogP contribution in [0.5, 0.6) is 11.5 Å². The van der Waals surface area contributed by atoms with E-state index >= 15 is 0 Å². The third-order valence-corrected chi connectivity index (χ3v) is 10.4. The smallest absolute Gasteiger partial charge is 0.262 e. The van der Waals surface area contributed by atoms with Gasteiger partial charge in [-0.2, -0.15) is 14.5 Å². The van der Waals surface area contributed by atoms with Gasteiger partial charge < -0.3 is 19.3 Å². The molecule has 16 heteroatoms. The molecule has 2 aromatic carbocycles. The van der Waals surface area contributed by atoms with Crippen molar-refractivity contribution < 1.29 is 26.3 Å². The quantitative estimate of drug-likeness (QED) is 0.249. The van der Waals surface area contributed by atoms with Crippen LogP contribution >= 0.6 is 0 Å². The maximum Gasteiger partial charge on any atom is 0.262 e. The first-order valence-corrected chi connectivity index (χ1v) is 17.6. The predicted molar refractivity (Wildman–Crippen MR) is 171 cm³/mol. The fourth-order valence-electron chi connectivity index (χ4n) is 5.23. The first-order chi connectivity index (χ1) is 21.8. The van der Waals surface area contributed by atoms with E-state index in [4.69, 9.17) is 14.6 Å². The SMILES string of the molecule is CN1CC(n2ccc(S(N)(=O)=O)n2)C1.COc1ccc(CN(Cc2ccc(OC)cc2)S(=O)(=O)c2ccn(C3CN(C)C3)n2)cc1. The second-order valence-corrected chi connectivity index (χ2v) is 14.9. The summed E-state index contributed by atoms with van der Waals surface area (Å²) in [5, 5.41) is 13.3. The van der Waals surface area contributed by atoms with Crippen LogP contribution in [0, 0.1) is 0 Å². The number of primary sulfonamides is 1. The van der Waals surface area contributed by atoms with Crippen LogP contribution in [-0.4, -0.2) is 105 Å². The summed E-state index contributed by atoms with van der Waals surface area (Å²) in [5.74, 6) is 1.45. The molecule has 6 rings (SSSR count). The predicted octanol–water partition coefficient (Wildman–Crippen LogP) is 1.79. The minimum Gasteiger partial charge on any atom is -0.497 e. The molecular formula is C30H40N8O6S2. The Labute approximate surface area is 270 Å². The molecule has 248 valence electrons. The van der Waals surface area contributed by atoms with Crippen molar-refractivity contribution in [2.75, 3.05) is 54.5 Å². The van der Waals surface area contributed by atoms with Crippen LogP contribution in [0.3, 0.4) is 0 Å². The molecule has 0 bridgehead atoms. The van der Waals surface area contributed by atoms with Gasteiger partial charge in [0.15, 0.2) is 10.1 Å². The molecular weight excluding hydrogens is 633 g/mol. The molecule has 2 saturated heterocycles. The fourth-order valence-corrected chi connectivity index (χ4v) is 7.02. The Balaban J connectivity index is 0.000000247. The Morgan fingerprint density at radius 1 is 0.696 bits per heavy atom. The van der Waals surface area contributed by atoms with Crippen molar-refractivity contribution in [3.05, 3.63) is 84.2 Å². The molecule has 0 unspecified atom stereocenters. The highest BCUT2D eigenvalue weighted by molar-refractivity contribution is 7.89. The maximum absolute atomic E-state index is 13.6. The lowest BCUT2D eigenvalue weighted by molar-refractivity contribution is 0.129. The Hall–Kier alpha value is -3.80. The summed E-state index contributed by atoms with van der Waals surface area (Å²) < 4.78 is 64.3. The Bertz CT molecular complexity index is 1760. The molecule has 4 aromatic rings. The molecule has 2 fully saturated rings. The number of methoxy groups -OCH3 is 2. The number of hydrogen-bond donors (Lipinski definition) is 1. The highest BCUT2D eigenvalue weighted by Gasteiger charge is 2.31. The van der Waals surface area contributed by atoms with Gasteiger partial charge in [-0.05, 0) is 61.6 Å². The van der Waals surface area contributed by atoms with E-state index in [2.05, 4.69) is 20.0 Å². The standard InChI is InChI=1S/C23H28N4O4S.C7H12N4O2S/c1-25-16-20(17-25)27-13-12-23(24-27)32(28,29)26(14-18-4-8-21(30-2)9-5-18)15-19-6-10-22(31-3)11-7-19;1-10-4-6(5-10)11-3-2-7(9-11)14(8,12)13/h4-13,20H,14-17H2,1-3H3;2-3,6H,4-5H2,1H3,(H2,8,12,13). The summed E-state index contributed by atoms with van der Waals surface area (Å²) in [6.07, 6.45) is 3.40. The molecule has 0 saturated carbocycles. The zero-order chi connectivity index (χ0) is 33.1. The maximum atomic E-state index is 13.6. The van der Waals surface area contributed by atoms with Gasteiger partial charge in [0.1, 0.15) is 11.5 Å². The minimum absolute atomic E-state index is 0.0629. The third-order valence-electron chi connectivity index (χ3n) is 7.94. The largest absolute Gasteiger partial charge is 0.497 e. The van der Waals surface area contributed by atoms with Crippen LogP contribution in [0.4, 0.5) is 0 Å². The number of sulfonamides is 2. The number of hydrogen-bond acceptors (Lipinski definition) is 10. The number of rotatable bonds is 11. The number of nitrogens with two attached hydrogens (primary N) is 1. The van der Waals surface area contributed by atoms with Crippen molar-refractivity contribution in [2.45, 2.75) is 35.2 Å². The third kappa shape index (κ3) is 7.94. The van der Waals surface area contributed by atoms with E-state index in [1.54, 1.807) is 42.0 Å². The molecule has 2 N–H and O–H groups in total. The first-order valence-electron chi connectivity index (χ1n) is 14.6. The lowest BCUT2D eigenvalue weighted by Gasteiger charge is -2.36. The average molecular weight is 673 g/mol. The molecule has 14 nitrogen and oxygen atoms in total. The zero-order valence-corrected chi connectivity index (χ0v) is 27.9. The van der Waals surface area contributed by atoms with E-state index in [9.17, 15) is 16.8 Å². The van der Waals surface area contributed by atoms with Crippen LogP contribution in [0.1, 0.15) is 23.2 Å². The van der Waals surface area contributed by atoms with Gasteiger partial charge in [-0.1, -0.05) is 24.3 Å². The second-order valence-electron chi connectivity index (χ2n) is 11.5. The van der Waals surface area contributed by atoms with Gasteiger partial charge in [0.05, 0.1) is 26.3 Å². The van der Waals surface area contributed by atoms with Gasteiger partial charge in [0.25, 0.3) is 20.0 Å². The van der Waals surface area contributed by atoms with E-state index in [1.807, 2.05) is 62.6 Å². The fraction of sp³-hybridized carbons (Fsp3) is 0.400. The van der Waals surface area contributed by atoms with Crippen LogP contribution < -0.4 is 14.6 Å².